The van der Waals surface area contributed by atoms with Crippen LogP contribution in [0.4, 0.5) is 5.69 Å². The fourth-order valence-electron chi connectivity index (χ4n) is 2.18. The molecule has 3 rings (SSSR count). The van der Waals surface area contributed by atoms with Crippen LogP contribution in [0, 0.1) is 0 Å². The number of anilines is 1. The molecule has 0 saturated carbocycles. The lowest BCUT2D eigenvalue weighted by molar-refractivity contribution is 0.393. The molecule has 0 amide bonds. The number of ether oxygens (including phenoxy) is 1. The van der Waals surface area contributed by atoms with Crippen LogP contribution in [0.5, 0.6) is 5.88 Å². The van der Waals surface area contributed by atoms with Gasteiger partial charge in [0.15, 0.2) is 0 Å². The molecular formula is C16H15N3O. The predicted molar refractivity (Wildman–Crippen MR) is 79.9 cm³/mol. The monoisotopic (exact) mass is 265 g/mol. The number of hydrogen-bond donors (Lipinski definition) is 1. The highest BCUT2D eigenvalue weighted by molar-refractivity contribution is 5.90. The Bertz CT molecular complexity index is 722. The van der Waals surface area contributed by atoms with Crippen LogP contribution in [-0.4, -0.2) is 17.1 Å². The summed E-state index contributed by atoms with van der Waals surface area (Å²) < 4.78 is 5.26. The maximum atomic E-state index is 5.26. The largest absolute Gasteiger partial charge is 0.481 e. The average Bonchev–Trinajstić information content (AvgIpc) is 2.53. The molecule has 2 aromatic heterocycles. The van der Waals surface area contributed by atoms with Gasteiger partial charge in [0.25, 0.3) is 0 Å². The van der Waals surface area contributed by atoms with Gasteiger partial charge in [0, 0.05) is 35.6 Å². The number of nitrogens with zero attached hydrogens (tertiary/aromatic N) is 2. The van der Waals surface area contributed by atoms with E-state index in [0.717, 1.165) is 22.2 Å². The molecule has 4 nitrogen and oxygen atoms in total. The minimum Gasteiger partial charge on any atom is -0.481 e. The van der Waals surface area contributed by atoms with Crippen molar-refractivity contribution in [3.63, 3.8) is 0 Å². The Morgan fingerprint density at radius 1 is 1.00 bits per heavy atom. The van der Waals surface area contributed by atoms with Crippen molar-refractivity contribution in [2.24, 2.45) is 0 Å². The molecule has 0 aliphatic rings. The highest BCUT2D eigenvalue weighted by Crippen LogP contribution is 2.22. The third kappa shape index (κ3) is 2.40. The van der Waals surface area contributed by atoms with Crippen LogP contribution in [0.15, 0.2) is 54.9 Å². The third-order valence-corrected chi connectivity index (χ3v) is 3.16. The number of rotatable bonds is 4. The second-order valence-corrected chi connectivity index (χ2v) is 4.40. The summed E-state index contributed by atoms with van der Waals surface area (Å²) in [6.07, 6.45) is 3.54. The molecule has 0 unspecified atom stereocenters. The molecular weight excluding hydrogens is 250 g/mol. The maximum Gasteiger partial charge on any atom is 0.218 e. The second kappa shape index (κ2) is 5.57. The van der Waals surface area contributed by atoms with Gasteiger partial charge in [0.05, 0.1) is 12.6 Å². The van der Waals surface area contributed by atoms with E-state index >= 15 is 0 Å². The summed E-state index contributed by atoms with van der Waals surface area (Å²) in [5.41, 5.74) is 3.06. The minimum atomic E-state index is 0.651. The topological polar surface area (TPSA) is 47.0 Å². The fraction of sp³-hybridized carbons (Fsp3) is 0.125. The van der Waals surface area contributed by atoms with Crippen molar-refractivity contribution in [1.82, 2.24) is 9.97 Å². The molecule has 4 heteroatoms. The molecule has 3 aromatic rings. The second-order valence-electron chi connectivity index (χ2n) is 4.40. The zero-order valence-electron chi connectivity index (χ0n) is 11.2. The normalized spacial score (nSPS) is 10.4. The number of nitrogens with one attached hydrogen (secondary N) is 1. The lowest BCUT2D eigenvalue weighted by Crippen LogP contribution is -2.03. The summed E-state index contributed by atoms with van der Waals surface area (Å²) >= 11 is 0. The van der Waals surface area contributed by atoms with Gasteiger partial charge in [-0.25, -0.2) is 4.98 Å². The van der Waals surface area contributed by atoms with Gasteiger partial charge in [-0.15, -0.1) is 0 Å². The summed E-state index contributed by atoms with van der Waals surface area (Å²) in [6, 6.07) is 14.0. The van der Waals surface area contributed by atoms with Crippen LogP contribution < -0.4 is 10.1 Å². The van der Waals surface area contributed by atoms with Gasteiger partial charge < -0.3 is 10.1 Å². The highest BCUT2D eigenvalue weighted by Gasteiger charge is 2.05. The summed E-state index contributed by atoms with van der Waals surface area (Å²) in [5, 5.41) is 4.53. The summed E-state index contributed by atoms with van der Waals surface area (Å²) in [4.78, 5) is 8.55. The zero-order valence-corrected chi connectivity index (χ0v) is 11.2. The third-order valence-electron chi connectivity index (χ3n) is 3.16. The Hall–Kier alpha value is -2.62. The molecule has 0 fully saturated rings. The molecule has 0 aliphatic carbocycles. The van der Waals surface area contributed by atoms with E-state index in [1.807, 2.05) is 42.6 Å². The van der Waals surface area contributed by atoms with Gasteiger partial charge >= 0.3 is 0 Å². The van der Waals surface area contributed by atoms with Crippen LogP contribution in [0.1, 0.15) is 5.56 Å². The molecule has 0 aliphatic heterocycles. The molecule has 0 saturated heterocycles. The van der Waals surface area contributed by atoms with Crippen molar-refractivity contribution in [3.05, 3.63) is 60.4 Å². The van der Waals surface area contributed by atoms with Crippen LogP contribution in [0.2, 0.25) is 0 Å². The van der Waals surface area contributed by atoms with Crippen LogP contribution in [-0.2, 0) is 6.54 Å². The number of pyridine rings is 2. The van der Waals surface area contributed by atoms with E-state index in [1.54, 1.807) is 13.3 Å². The zero-order chi connectivity index (χ0) is 13.8. The first kappa shape index (κ1) is 12.4. The molecule has 0 radical (unpaired) electrons. The lowest BCUT2D eigenvalue weighted by Gasteiger charge is -2.11. The van der Waals surface area contributed by atoms with E-state index in [2.05, 4.69) is 21.4 Å². The average molecular weight is 265 g/mol. The van der Waals surface area contributed by atoms with Crippen LogP contribution in [0.3, 0.4) is 0 Å². The SMILES string of the molecule is COc1ncccc1CNc1ccnc2ccccc12. The highest BCUT2D eigenvalue weighted by atomic mass is 16.5. The number of hydrogen-bond acceptors (Lipinski definition) is 4. The number of para-hydroxylation sites is 1. The number of benzene rings is 1. The molecule has 20 heavy (non-hydrogen) atoms. The van der Waals surface area contributed by atoms with Crippen molar-refractivity contribution >= 4 is 16.6 Å². The Morgan fingerprint density at radius 2 is 1.90 bits per heavy atom. The van der Waals surface area contributed by atoms with Crippen molar-refractivity contribution in [2.75, 3.05) is 12.4 Å². The van der Waals surface area contributed by atoms with Gasteiger partial charge in [0.2, 0.25) is 5.88 Å². The summed E-state index contributed by atoms with van der Waals surface area (Å²) in [5.74, 6) is 0.651. The first-order chi connectivity index (χ1) is 9.88. The molecule has 1 aromatic carbocycles. The Morgan fingerprint density at radius 3 is 2.80 bits per heavy atom. The number of aromatic nitrogens is 2. The van der Waals surface area contributed by atoms with Crippen molar-refractivity contribution in [2.45, 2.75) is 6.54 Å². The summed E-state index contributed by atoms with van der Waals surface area (Å²) in [7, 11) is 1.63. The van der Waals surface area contributed by atoms with Crippen molar-refractivity contribution in [1.29, 1.82) is 0 Å². The first-order valence-electron chi connectivity index (χ1n) is 6.44. The first-order valence-corrected chi connectivity index (χ1v) is 6.44. The Kier molecular flexibility index (Phi) is 3.46. The standard InChI is InChI=1S/C16H15N3O/c1-20-16-12(5-4-9-18-16)11-19-15-8-10-17-14-7-3-2-6-13(14)15/h2-10H,11H2,1H3,(H,17,19). The molecule has 0 bridgehead atoms. The van der Waals surface area contributed by atoms with E-state index in [-0.39, 0.29) is 0 Å². The lowest BCUT2D eigenvalue weighted by atomic mass is 10.2. The van der Waals surface area contributed by atoms with E-state index in [0.29, 0.717) is 12.4 Å². The van der Waals surface area contributed by atoms with E-state index < -0.39 is 0 Å². The Balaban J connectivity index is 1.87. The summed E-state index contributed by atoms with van der Waals surface area (Å²) in [6.45, 7) is 0.658. The van der Waals surface area contributed by atoms with Crippen molar-refractivity contribution < 1.29 is 4.74 Å². The van der Waals surface area contributed by atoms with Gasteiger partial charge in [-0.1, -0.05) is 24.3 Å². The molecule has 0 spiro atoms. The van der Waals surface area contributed by atoms with Gasteiger partial charge in [-0.2, -0.15) is 0 Å². The molecule has 1 N–H and O–H groups in total. The van der Waals surface area contributed by atoms with Crippen LogP contribution in [0.25, 0.3) is 10.9 Å². The molecule has 100 valence electrons. The minimum absolute atomic E-state index is 0.651. The van der Waals surface area contributed by atoms with Gasteiger partial charge in [0.1, 0.15) is 0 Å². The quantitative estimate of drug-likeness (QED) is 0.786. The Labute approximate surface area is 117 Å². The predicted octanol–water partition coefficient (Wildman–Crippen LogP) is 3.25. The fourth-order valence-corrected chi connectivity index (χ4v) is 2.18. The number of methoxy groups -OCH3 is 1. The smallest absolute Gasteiger partial charge is 0.218 e. The number of fused-ring (bicyclic) bond motifs is 1. The van der Waals surface area contributed by atoms with E-state index in [9.17, 15) is 0 Å². The van der Waals surface area contributed by atoms with E-state index in [4.69, 9.17) is 4.74 Å². The van der Waals surface area contributed by atoms with E-state index in [1.165, 1.54) is 0 Å². The molecule has 2 heterocycles. The maximum absolute atomic E-state index is 5.26. The molecule has 0 atom stereocenters. The van der Waals surface area contributed by atoms with Gasteiger partial charge in [-0.3, -0.25) is 4.98 Å². The van der Waals surface area contributed by atoms with Gasteiger partial charge in [-0.05, 0) is 18.2 Å². The van der Waals surface area contributed by atoms with Crippen molar-refractivity contribution in [3.8, 4) is 5.88 Å². The van der Waals surface area contributed by atoms with Crippen LogP contribution >= 0.6 is 0 Å².